The molecular weight excluding hydrogens is 369 g/mol. The Labute approximate surface area is 168 Å². The molecule has 150 valence electrons. The highest BCUT2D eigenvalue weighted by Gasteiger charge is 2.47. The zero-order chi connectivity index (χ0) is 20.2. The van der Waals surface area contributed by atoms with Crippen LogP contribution in [-0.2, 0) is 22.4 Å². The number of hydrogen-bond acceptors (Lipinski definition) is 2. The zero-order valence-electron chi connectivity index (χ0n) is 16.1. The zero-order valence-corrected chi connectivity index (χ0v) is 16.1. The maximum Gasteiger partial charge on any atom is 0.223 e. The summed E-state index contributed by atoms with van der Waals surface area (Å²) in [6.45, 7) is 0.907. The van der Waals surface area contributed by atoms with Gasteiger partial charge in [0.05, 0.1) is 11.8 Å². The van der Waals surface area contributed by atoms with Crippen LogP contribution < -0.4 is 10.6 Å². The topological polar surface area (TPSA) is 74.0 Å². The number of benzene rings is 2. The van der Waals surface area contributed by atoms with E-state index in [0.29, 0.717) is 31.5 Å². The summed E-state index contributed by atoms with van der Waals surface area (Å²) in [6, 6.07) is 14.6. The number of amides is 2. The molecular formula is C23H24FN3O2. The first kappa shape index (κ1) is 19.2. The van der Waals surface area contributed by atoms with Crippen LogP contribution >= 0.6 is 0 Å². The standard InChI is InChI=1S/C23H24FN3O2/c24-20-7-3-1-5-15(20)9-11-25-22(28)18-13-19(18)23(29)26-12-10-16-14-27-21-8-4-2-6-17(16)21/h1-8,14,18-19,27H,9-13H2,(H,25,28)(H,26,29). The van der Waals surface area contributed by atoms with Gasteiger partial charge in [-0.15, -0.1) is 0 Å². The average molecular weight is 393 g/mol. The lowest BCUT2D eigenvalue weighted by Gasteiger charge is -2.07. The van der Waals surface area contributed by atoms with Crippen LogP contribution in [0.4, 0.5) is 4.39 Å². The van der Waals surface area contributed by atoms with Crippen molar-refractivity contribution in [3.05, 3.63) is 71.7 Å². The second-order valence-electron chi connectivity index (χ2n) is 7.48. The van der Waals surface area contributed by atoms with Gasteiger partial charge in [-0.1, -0.05) is 36.4 Å². The summed E-state index contributed by atoms with van der Waals surface area (Å²) in [5, 5.41) is 6.92. The number of halogens is 1. The number of carbonyl (C=O) groups is 2. The number of hydrogen-bond donors (Lipinski definition) is 3. The molecule has 1 saturated carbocycles. The highest BCUT2D eigenvalue weighted by molar-refractivity contribution is 5.92. The van der Waals surface area contributed by atoms with Crippen LogP contribution in [0.5, 0.6) is 0 Å². The molecule has 5 nitrogen and oxygen atoms in total. The third kappa shape index (κ3) is 4.47. The molecule has 0 radical (unpaired) electrons. The first-order chi connectivity index (χ1) is 14.1. The van der Waals surface area contributed by atoms with E-state index in [4.69, 9.17) is 0 Å². The normalized spacial score (nSPS) is 17.8. The van der Waals surface area contributed by atoms with Crippen LogP contribution in [0.2, 0.25) is 0 Å². The molecule has 0 aliphatic heterocycles. The van der Waals surface area contributed by atoms with Crippen LogP contribution in [-0.4, -0.2) is 29.9 Å². The average Bonchev–Trinajstić information content (AvgIpc) is 3.44. The van der Waals surface area contributed by atoms with E-state index in [0.717, 1.165) is 11.9 Å². The van der Waals surface area contributed by atoms with Crippen LogP contribution in [0.15, 0.2) is 54.7 Å². The van der Waals surface area contributed by atoms with Gasteiger partial charge in [-0.25, -0.2) is 4.39 Å². The Bertz CT molecular complexity index is 1030. The lowest BCUT2D eigenvalue weighted by atomic mass is 10.1. The van der Waals surface area contributed by atoms with Crippen LogP contribution in [0.25, 0.3) is 10.9 Å². The Hall–Kier alpha value is -3.15. The number of carbonyl (C=O) groups excluding carboxylic acids is 2. The summed E-state index contributed by atoms with van der Waals surface area (Å²) in [5.41, 5.74) is 2.83. The molecule has 3 aromatic rings. The second kappa shape index (κ2) is 8.47. The molecule has 0 bridgehead atoms. The van der Waals surface area contributed by atoms with E-state index in [9.17, 15) is 14.0 Å². The number of para-hydroxylation sites is 1. The first-order valence-electron chi connectivity index (χ1n) is 9.97. The smallest absolute Gasteiger partial charge is 0.223 e. The van der Waals surface area contributed by atoms with Gasteiger partial charge in [0.25, 0.3) is 0 Å². The molecule has 29 heavy (non-hydrogen) atoms. The maximum atomic E-state index is 13.6. The monoisotopic (exact) mass is 393 g/mol. The van der Waals surface area contributed by atoms with Crippen molar-refractivity contribution >= 4 is 22.7 Å². The number of fused-ring (bicyclic) bond motifs is 1. The van der Waals surface area contributed by atoms with Gasteiger partial charge < -0.3 is 15.6 Å². The lowest BCUT2D eigenvalue weighted by Crippen LogP contribution is -2.32. The van der Waals surface area contributed by atoms with Crippen molar-refractivity contribution in [3.63, 3.8) is 0 Å². The lowest BCUT2D eigenvalue weighted by molar-refractivity contribution is -0.127. The van der Waals surface area contributed by atoms with Crippen molar-refractivity contribution in [3.8, 4) is 0 Å². The van der Waals surface area contributed by atoms with Crippen LogP contribution in [0.3, 0.4) is 0 Å². The van der Waals surface area contributed by atoms with Gasteiger partial charge in [0.1, 0.15) is 5.82 Å². The summed E-state index contributed by atoms with van der Waals surface area (Å²) in [6.07, 6.45) is 3.72. The van der Waals surface area contributed by atoms with Gasteiger partial charge in [-0.2, -0.15) is 0 Å². The van der Waals surface area contributed by atoms with Crippen molar-refractivity contribution in [1.29, 1.82) is 0 Å². The molecule has 2 amide bonds. The summed E-state index contributed by atoms with van der Waals surface area (Å²) in [7, 11) is 0. The quantitative estimate of drug-likeness (QED) is 0.551. The molecule has 2 aromatic carbocycles. The summed E-state index contributed by atoms with van der Waals surface area (Å²) in [5.74, 6) is -0.993. The summed E-state index contributed by atoms with van der Waals surface area (Å²) >= 11 is 0. The first-order valence-corrected chi connectivity index (χ1v) is 9.97. The molecule has 0 spiro atoms. The van der Waals surface area contributed by atoms with E-state index in [-0.39, 0.29) is 29.5 Å². The Morgan fingerprint density at radius 2 is 1.52 bits per heavy atom. The second-order valence-corrected chi connectivity index (χ2v) is 7.48. The molecule has 6 heteroatoms. The fraction of sp³-hybridized carbons (Fsp3) is 0.304. The molecule has 1 heterocycles. The number of rotatable bonds is 8. The van der Waals surface area contributed by atoms with Crippen LogP contribution in [0, 0.1) is 17.7 Å². The number of H-pyrrole nitrogens is 1. The van der Waals surface area contributed by atoms with Crippen molar-refractivity contribution in [2.75, 3.05) is 13.1 Å². The largest absolute Gasteiger partial charge is 0.361 e. The highest BCUT2D eigenvalue weighted by atomic mass is 19.1. The molecule has 2 unspecified atom stereocenters. The third-order valence-corrected chi connectivity index (χ3v) is 5.48. The van der Waals surface area contributed by atoms with Gasteiger partial charge in [0, 0.05) is 30.2 Å². The third-order valence-electron chi connectivity index (χ3n) is 5.48. The molecule has 0 saturated heterocycles. The van der Waals surface area contributed by atoms with Gasteiger partial charge in [0.2, 0.25) is 11.8 Å². The summed E-state index contributed by atoms with van der Waals surface area (Å²) in [4.78, 5) is 27.7. The fourth-order valence-electron chi connectivity index (χ4n) is 3.72. The van der Waals surface area contributed by atoms with Crippen molar-refractivity contribution in [1.82, 2.24) is 15.6 Å². The number of aromatic amines is 1. The predicted molar refractivity (Wildman–Crippen MR) is 110 cm³/mol. The van der Waals surface area contributed by atoms with Gasteiger partial charge in [0.15, 0.2) is 0 Å². The van der Waals surface area contributed by atoms with Gasteiger partial charge in [-0.3, -0.25) is 9.59 Å². The minimum Gasteiger partial charge on any atom is -0.361 e. The predicted octanol–water partition coefficient (Wildman–Crippen LogP) is 2.96. The van der Waals surface area contributed by atoms with E-state index in [2.05, 4.69) is 21.7 Å². The van der Waals surface area contributed by atoms with Crippen LogP contribution in [0.1, 0.15) is 17.5 Å². The molecule has 1 aliphatic carbocycles. The fourth-order valence-corrected chi connectivity index (χ4v) is 3.72. The number of nitrogens with one attached hydrogen (secondary N) is 3. The van der Waals surface area contributed by atoms with E-state index < -0.39 is 0 Å². The van der Waals surface area contributed by atoms with Gasteiger partial charge in [-0.05, 0) is 42.5 Å². The molecule has 3 N–H and O–H groups in total. The minimum atomic E-state index is -0.274. The summed E-state index contributed by atoms with van der Waals surface area (Å²) < 4.78 is 13.6. The van der Waals surface area contributed by atoms with E-state index in [1.54, 1.807) is 18.2 Å². The Kier molecular flexibility index (Phi) is 5.60. The van der Waals surface area contributed by atoms with Crippen molar-refractivity contribution < 1.29 is 14.0 Å². The molecule has 1 fully saturated rings. The Morgan fingerprint density at radius 1 is 0.897 bits per heavy atom. The molecule has 4 rings (SSSR count). The Balaban J connectivity index is 1.18. The van der Waals surface area contributed by atoms with Gasteiger partial charge >= 0.3 is 0 Å². The SMILES string of the molecule is O=C(NCCc1ccccc1F)C1CC1C(=O)NCCc1c[nH]c2ccccc12. The highest BCUT2D eigenvalue weighted by Crippen LogP contribution is 2.38. The number of aromatic nitrogens is 1. The maximum absolute atomic E-state index is 13.6. The van der Waals surface area contributed by atoms with Crippen molar-refractivity contribution in [2.24, 2.45) is 11.8 Å². The molecule has 2 atom stereocenters. The van der Waals surface area contributed by atoms with Crippen molar-refractivity contribution in [2.45, 2.75) is 19.3 Å². The minimum absolute atomic E-state index is 0.0703. The van der Waals surface area contributed by atoms with E-state index in [1.165, 1.54) is 17.0 Å². The van der Waals surface area contributed by atoms with E-state index >= 15 is 0 Å². The van der Waals surface area contributed by atoms with E-state index in [1.807, 2.05) is 24.4 Å². The molecule has 1 aromatic heterocycles. The Morgan fingerprint density at radius 3 is 2.24 bits per heavy atom. The molecule has 1 aliphatic rings.